The first-order valence-corrected chi connectivity index (χ1v) is 16.9. The van der Waals surface area contributed by atoms with E-state index in [1.165, 1.54) is 43.7 Å². The Balaban J connectivity index is 1.54. The molecule has 3 atom stereocenters. The first-order valence-electron chi connectivity index (χ1n) is 16.9. The van der Waals surface area contributed by atoms with Gasteiger partial charge in [0.25, 0.3) is 0 Å². The third-order valence-corrected chi connectivity index (χ3v) is 9.03. The lowest BCUT2D eigenvalue weighted by Gasteiger charge is -2.32. The number of aliphatic hydroxyl groups is 1. The van der Waals surface area contributed by atoms with E-state index < -0.39 is 5.97 Å². The Morgan fingerprint density at radius 1 is 0.978 bits per heavy atom. The minimum Gasteiger partial charge on any atom is -0.478 e. The molecule has 0 saturated carbocycles. The van der Waals surface area contributed by atoms with Gasteiger partial charge in [-0.3, -0.25) is 4.99 Å². The molecular weight excluding hydrogens is 578 g/mol. The van der Waals surface area contributed by atoms with Crippen LogP contribution in [0.3, 0.4) is 0 Å². The molecule has 4 rings (SSSR count). The van der Waals surface area contributed by atoms with Gasteiger partial charge in [0, 0.05) is 31.8 Å². The highest BCUT2D eigenvalue weighted by molar-refractivity contribution is 5.85. The van der Waals surface area contributed by atoms with Gasteiger partial charge < -0.3 is 36.4 Å². The number of nitrogens with one attached hydrogen (secondary N) is 3. The van der Waals surface area contributed by atoms with Crippen LogP contribution in [0.25, 0.3) is 10.8 Å². The number of aromatic amines is 1. The van der Waals surface area contributed by atoms with E-state index in [4.69, 9.17) is 10.8 Å². The van der Waals surface area contributed by atoms with Gasteiger partial charge in [-0.05, 0) is 77.6 Å². The molecular formula is C37H51N5O4. The number of aliphatic carboxylic acids is 1. The lowest BCUT2D eigenvalue weighted by Crippen LogP contribution is -2.48. The minimum atomic E-state index is -0.982. The van der Waals surface area contributed by atoms with Gasteiger partial charge in [-0.15, -0.1) is 0 Å². The predicted octanol–water partition coefficient (Wildman–Crippen LogP) is 6.44. The molecule has 0 amide bonds. The number of carbonyl (C=O) groups excluding carboxylic acids is 1. The van der Waals surface area contributed by atoms with Gasteiger partial charge in [-0.25, -0.2) is 4.79 Å². The number of carboxylic acid groups (broad SMARTS) is 1. The highest BCUT2D eigenvalue weighted by Crippen LogP contribution is 2.33. The molecule has 3 unspecified atom stereocenters. The van der Waals surface area contributed by atoms with Crippen LogP contribution in [0.4, 0.5) is 5.82 Å². The lowest BCUT2D eigenvalue weighted by molar-refractivity contribution is -0.131. The molecule has 46 heavy (non-hydrogen) atoms. The topological polar surface area (TPSA) is 153 Å². The number of nitrogens with two attached hydrogens (primary N) is 1. The summed E-state index contributed by atoms with van der Waals surface area (Å²) in [6.45, 7) is 0.825. The Labute approximate surface area is 272 Å². The van der Waals surface area contributed by atoms with E-state index in [0.29, 0.717) is 25.3 Å². The van der Waals surface area contributed by atoms with E-state index in [9.17, 15) is 14.7 Å². The number of anilines is 1. The van der Waals surface area contributed by atoms with Crippen molar-refractivity contribution in [1.82, 2.24) is 10.3 Å². The van der Waals surface area contributed by atoms with Crippen LogP contribution in [0.1, 0.15) is 94.1 Å². The van der Waals surface area contributed by atoms with Gasteiger partial charge >= 0.3 is 5.97 Å². The second-order valence-electron chi connectivity index (χ2n) is 12.4. The van der Waals surface area contributed by atoms with Crippen LogP contribution in [0.5, 0.6) is 0 Å². The maximum Gasteiger partial charge on any atom is 0.328 e. The Hall–Kier alpha value is -4.11. The fraction of sp³-hybridized carbons (Fsp3) is 0.486. The Bertz CT molecular complexity index is 1430. The Morgan fingerprint density at radius 2 is 1.74 bits per heavy atom. The molecule has 0 saturated heterocycles. The summed E-state index contributed by atoms with van der Waals surface area (Å²) in [4.78, 5) is 30.7. The Kier molecular flexibility index (Phi) is 14.2. The molecule has 0 spiro atoms. The van der Waals surface area contributed by atoms with Crippen molar-refractivity contribution >= 4 is 34.8 Å². The van der Waals surface area contributed by atoms with Crippen molar-refractivity contribution in [1.29, 1.82) is 0 Å². The van der Waals surface area contributed by atoms with E-state index in [1.54, 1.807) is 0 Å². The fourth-order valence-corrected chi connectivity index (χ4v) is 6.58. The molecule has 1 aromatic heterocycles. The predicted molar refractivity (Wildman–Crippen MR) is 186 cm³/mol. The molecule has 2 heterocycles. The maximum absolute atomic E-state index is 12.1. The van der Waals surface area contributed by atoms with E-state index in [0.717, 1.165) is 72.5 Å². The summed E-state index contributed by atoms with van der Waals surface area (Å²) >= 11 is 0. The molecule has 0 radical (unpaired) electrons. The van der Waals surface area contributed by atoms with Crippen molar-refractivity contribution in [2.75, 3.05) is 18.5 Å². The summed E-state index contributed by atoms with van der Waals surface area (Å²) in [5, 5.41) is 28.0. The number of benzene rings is 2. The van der Waals surface area contributed by atoms with Gasteiger partial charge in [0.15, 0.2) is 5.96 Å². The summed E-state index contributed by atoms with van der Waals surface area (Å²) in [6.07, 6.45) is 16.9. The number of nitrogens with zero attached hydrogens (tertiary/aromatic N) is 1. The molecule has 1 aliphatic heterocycles. The van der Waals surface area contributed by atoms with E-state index in [-0.39, 0.29) is 24.6 Å². The number of hydrogen-bond donors (Lipinski definition) is 6. The molecule has 248 valence electrons. The van der Waals surface area contributed by atoms with Crippen LogP contribution in [0, 0.1) is 0 Å². The third kappa shape index (κ3) is 11.1. The normalized spacial score (nSPS) is 16.4. The van der Waals surface area contributed by atoms with Crippen molar-refractivity contribution < 1.29 is 19.8 Å². The zero-order chi connectivity index (χ0) is 32.6. The van der Waals surface area contributed by atoms with Crippen LogP contribution >= 0.6 is 0 Å². The largest absolute Gasteiger partial charge is 0.478 e. The van der Waals surface area contributed by atoms with Gasteiger partial charge in [-0.2, -0.15) is 0 Å². The average molecular weight is 630 g/mol. The number of carboxylic acids is 1. The van der Waals surface area contributed by atoms with Crippen molar-refractivity contribution in [2.24, 2.45) is 10.7 Å². The second-order valence-corrected chi connectivity index (χ2v) is 12.4. The number of fused-ring (bicyclic) bond motifs is 1. The molecule has 2 aromatic carbocycles. The summed E-state index contributed by atoms with van der Waals surface area (Å²) in [5.74, 6) is 0.476. The van der Waals surface area contributed by atoms with Crippen molar-refractivity contribution in [2.45, 2.75) is 101 Å². The highest BCUT2D eigenvalue weighted by Gasteiger charge is 2.27. The number of guanidine groups is 1. The quantitative estimate of drug-likeness (QED) is 0.0450. The van der Waals surface area contributed by atoms with Gasteiger partial charge in [-0.1, -0.05) is 81.3 Å². The number of aliphatic imine (C=N–C) groups is 1. The molecule has 0 aliphatic carbocycles. The van der Waals surface area contributed by atoms with Crippen LogP contribution in [0.2, 0.25) is 0 Å². The zero-order valence-corrected chi connectivity index (χ0v) is 26.9. The lowest BCUT2D eigenvalue weighted by atomic mass is 9.84. The number of aliphatic hydroxyl groups excluding tert-OH is 1. The number of H-pyrrole nitrogens is 1. The molecule has 1 aliphatic rings. The molecule has 3 aromatic rings. The van der Waals surface area contributed by atoms with Crippen LogP contribution < -0.4 is 16.4 Å². The first kappa shape index (κ1) is 34.8. The van der Waals surface area contributed by atoms with Crippen LogP contribution in [-0.2, 0) is 16.0 Å². The van der Waals surface area contributed by atoms with E-state index in [2.05, 4.69) is 50.9 Å². The number of carbonyl (C=O) groups is 2. The smallest absolute Gasteiger partial charge is 0.328 e. The summed E-state index contributed by atoms with van der Waals surface area (Å²) in [5.41, 5.74) is 9.08. The summed E-state index contributed by atoms with van der Waals surface area (Å²) in [7, 11) is 0. The minimum absolute atomic E-state index is 0.228. The van der Waals surface area contributed by atoms with Crippen molar-refractivity contribution in [3.8, 4) is 0 Å². The van der Waals surface area contributed by atoms with Crippen molar-refractivity contribution in [3.63, 3.8) is 0 Å². The number of hydrogen-bond acceptors (Lipinski definition) is 7. The fourth-order valence-electron chi connectivity index (χ4n) is 6.58. The molecule has 0 fully saturated rings. The van der Waals surface area contributed by atoms with Crippen molar-refractivity contribution in [3.05, 3.63) is 77.5 Å². The number of aldehydes is 1. The van der Waals surface area contributed by atoms with Gasteiger partial charge in [0.2, 0.25) is 0 Å². The average Bonchev–Trinajstić information content (AvgIpc) is 3.57. The van der Waals surface area contributed by atoms with E-state index >= 15 is 0 Å². The SMILES string of the molecule is NC1=NCCC(C(=CC(=O)O)C(CCC(CCCCCCCCCCO)c2ccc3ccc(CC=O)cc3c2)Nc2ccc[nH]2)N1. The van der Waals surface area contributed by atoms with Crippen LogP contribution in [0.15, 0.2) is 71.4 Å². The first-order chi connectivity index (χ1) is 22.5. The second kappa shape index (κ2) is 18.8. The van der Waals surface area contributed by atoms with Gasteiger partial charge in [0.05, 0.1) is 12.1 Å². The monoisotopic (exact) mass is 629 g/mol. The summed E-state index contributed by atoms with van der Waals surface area (Å²) in [6, 6.07) is 16.3. The molecule has 9 nitrogen and oxygen atoms in total. The highest BCUT2D eigenvalue weighted by atomic mass is 16.4. The molecule has 9 heteroatoms. The standard InChI is InChI=1S/C37H51N5O4/c38-37-40-21-18-34(42-37)32(26-36(45)46)33(41-35-11-9-20-39-35)17-16-28(10-7-5-3-1-2-4-6-8-22-43)30-15-14-29-13-12-27(19-23-44)24-31(29)25-30/h9,11-15,20,23-26,28,33-34,39,41,43H,1-8,10,16-19,21-22H2,(H,45,46)(H3,38,40,42). The maximum atomic E-state index is 12.1. The molecule has 7 N–H and O–H groups in total. The third-order valence-electron chi connectivity index (χ3n) is 9.03. The summed E-state index contributed by atoms with van der Waals surface area (Å²) < 4.78 is 0. The van der Waals surface area contributed by atoms with Crippen LogP contribution in [-0.4, -0.2) is 58.6 Å². The number of rotatable bonds is 21. The number of aromatic nitrogens is 1. The van der Waals surface area contributed by atoms with Gasteiger partial charge in [0.1, 0.15) is 12.1 Å². The number of unbranched alkanes of at least 4 members (excludes halogenated alkanes) is 7. The Morgan fingerprint density at radius 3 is 2.43 bits per heavy atom. The zero-order valence-electron chi connectivity index (χ0n) is 26.9. The molecule has 0 bridgehead atoms. The van der Waals surface area contributed by atoms with E-state index in [1.807, 2.05) is 24.4 Å².